The van der Waals surface area contributed by atoms with E-state index in [1.807, 2.05) is 6.92 Å². The van der Waals surface area contributed by atoms with Crippen molar-refractivity contribution in [3.8, 4) is 0 Å². The van der Waals surface area contributed by atoms with E-state index in [1.165, 1.54) is 31.3 Å². The van der Waals surface area contributed by atoms with Crippen LogP contribution in [0.15, 0.2) is 11.1 Å². The molecule has 0 heterocycles. The van der Waals surface area contributed by atoms with Gasteiger partial charge in [0.25, 0.3) is 0 Å². The summed E-state index contributed by atoms with van der Waals surface area (Å²) in [5.41, 5.74) is 2.60. The van der Waals surface area contributed by atoms with Crippen molar-refractivity contribution in [2.24, 2.45) is 5.92 Å². The molecule has 1 nitrogen and oxygen atoms in total. The molecule has 2 aliphatic rings. The number of Topliss-reactive ketones (excluding diaryl/α,β-unsaturated/α-hetero) is 1. The largest absolute Gasteiger partial charge is 0.295 e. The highest BCUT2D eigenvalue weighted by Gasteiger charge is 2.27. The monoisotopic (exact) mass is 164 g/mol. The summed E-state index contributed by atoms with van der Waals surface area (Å²) >= 11 is 0. The molecule has 66 valence electrons. The number of fused-ring (bicyclic) bond motifs is 1. The molecule has 1 fully saturated rings. The summed E-state index contributed by atoms with van der Waals surface area (Å²) in [6.07, 6.45) is 7.14. The average Bonchev–Trinajstić information content (AvgIpc) is 2.12. The third kappa shape index (κ3) is 1.21. The van der Waals surface area contributed by atoms with E-state index in [0.717, 1.165) is 24.3 Å². The Kier molecular flexibility index (Phi) is 2.03. The molecule has 0 amide bonds. The fourth-order valence-electron chi connectivity index (χ4n) is 2.57. The van der Waals surface area contributed by atoms with E-state index in [9.17, 15) is 4.79 Å². The molecule has 2 aliphatic carbocycles. The summed E-state index contributed by atoms with van der Waals surface area (Å²) in [5.74, 6) is 1.18. The lowest BCUT2D eigenvalue weighted by Gasteiger charge is -2.30. The smallest absolute Gasteiger partial charge is 0.158 e. The predicted molar refractivity (Wildman–Crippen MR) is 48.9 cm³/mol. The van der Waals surface area contributed by atoms with Gasteiger partial charge in [-0.3, -0.25) is 4.79 Å². The molecule has 0 aromatic carbocycles. The van der Waals surface area contributed by atoms with Crippen molar-refractivity contribution >= 4 is 5.78 Å². The molecule has 12 heavy (non-hydrogen) atoms. The summed E-state index contributed by atoms with van der Waals surface area (Å²) in [6.45, 7) is 2.02. The van der Waals surface area contributed by atoms with E-state index in [4.69, 9.17) is 0 Å². The van der Waals surface area contributed by atoms with Gasteiger partial charge in [0.2, 0.25) is 0 Å². The summed E-state index contributed by atoms with van der Waals surface area (Å²) in [6, 6.07) is 0. The maximum absolute atomic E-state index is 11.4. The van der Waals surface area contributed by atoms with Gasteiger partial charge in [-0.25, -0.2) is 0 Å². The Bertz CT molecular complexity index is 237. The number of carbonyl (C=O) groups excluding carboxylic acids is 1. The first-order valence-corrected chi connectivity index (χ1v) is 5.02. The van der Waals surface area contributed by atoms with E-state index in [1.54, 1.807) is 0 Å². The van der Waals surface area contributed by atoms with Crippen molar-refractivity contribution in [1.29, 1.82) is 0 Å². The van der Waals surface area contributed by atoms with Crippen LogP contribution in [0.1, 0.15) is 45.4 Å². The summed E-state index contributed by atoms with van der Waals surface area (Å²) in [4.78, 5) is 11.4. The van der Waals surface area contributed by atoms with Gasteiger partial charge in [0, 0.05) is 6.42 Å². The Morgan fingerprint density at radius 1 is 1.17 bits per heavy atom. The Morgan fingerprint density at radius 3 is 2.83 bits per heavy atom. The number of hydrogen-bond acceptors (Lipinski definition) is 1. The predicted octanol–water partition coefficient (Wildman–Crippen LogP) is 2.86. The van der Waals surface area contributed by atoms with Gasteiger partial charge in [-0.15, -0.1) is 0 Å². The molecule has 0 aromatic rings. The van der Waals surface area contributed by atoms with Crippen LogP contribution >= 0.6 is 0 Å². The normalized spacial score (nSPS) is 30.4. The molecule has 0 aromatic heterocycles. The summed E-state index contributed by atoms with van der Waals surface area (Å²) in [5, 5.41) is 0. The second-order valence-corrected chi connectivity index (χ2v) is 4.05. The van der Waals surface area contributed by atoms with Crippen LogP contribution < -0.4 is 0 Å². The molecule has 1 atom stereocenters. The summed E-state index contributed by atoms with van der Waals surface area (Å²) < 4.78 is 0. The minimum atomic E-state index is 0.406. The van der Waals surface area contributed by atoms with E-state index >= 15 is 0 Å². The van der Waals surface area contributed by atoms with Gasteiger partial charge in [0.05, 0.1) is 0 Å². The second kappa shape index (κ2) is 3.04. The van der Waals surface area contributed by atoms with Gasteiger partial charge in [-0.1, -0.05) is 12.0 Å². The molecule has 0 aliphatic heterocycles. The third-order valence-electron chi connectivity index (χ3n) is 3.36. The topological polar surface area (TPSA) is 17.1 Å². The van der Waals surface area contributed by atoms with Crippen LogP contribution in [-0.2, 0) is 4.79 Å². The zero-order valence-electron chi connectivity index (χ0n) is 7.73. The molecular formula is C11H16O. The van der Waals surface area contributed by atoms with Gasteiger partial charge in [-0.2, -0.15) is 0 Å². The number of ketones is 1. The molecule has 0 unspecified atom stereocenters. The lowest BCUT2D eigenvalue weighted by atomic mass is 9.74. The Labute approximate surface area is 73.8 Å². The van der Waals surface area contributed by atoms with Gasteiger partial charge in [-0.05, 0) is 44.1 Å². The van der Waals surface area contributed by atoms with Crippen LogP contribution in [-0.4, -0.2) is 5.78 Å². The Hall–Kier alpha value is -0.590. The zero-order chi connectivity index (χ0) is 8.55. The van der Waals surface area contributed by atoms with Crippen LogP contribution in [0.4, 0.5) is 0 Å². The molecule has 1 heteroatoms. The quantitative estimate of drug-likeness (QED) is 0.538. The van der Waals surface area contributed by atoms with Crippen molar-refractivity contribution in [2.75, 3.05) is 0 Å². The van der Waals surface area contributed by atoms with Crippen LogP contribution in [0.25, 0.3) is 0 Å². The lowest BCUT2D eigenvalue weighted by molar-refractivity contribution is -0.116. The molecule has 0 spiro atoms. The first kappa shape index (κ1) is 8.03. The maximum Gasteiger partial charge on any atom is 0.158 e. The van der Waals surface area contributed by atoms with Gasteiger partial charge in [0.15, 0.2) is 5.78 Å². The van der Waals surface area contributed by atoms with E-state index < -0.39 is 0 Å². The molecular weight excluding hydrogens is 148 g/mol. The van der Waals surface area contributed by atoms with Crippen molar-refractivity contribution in [1.82, 2.24) is 0 Å². The highest BCUT2D eigenvalue weighted by atomic mass is 16.1. The van der Waals surface area contributed by atoms with Crippen molar-refractivity contribution < 1.29 is 4.79 Å². The molecule has 0 radical (unpaired) electrons. The van der Waals surface area contributed by atoms with Gasteiger partial charge < -0.3 is 0 Å². The molecule has 0 N–H and O–H groups in total. The van der Waals surface area contributed by atoms with Crippen LogP contribution in [0, 0.1) is 5.92 Å². The summed E-state index contributed by atoms with van der Waals surface area (Å²) in [7, 11) is 0. The zero-order valence-corrected chi connectivity index (χ0v) is 7.73. The van der Waals surface area contributed by atoms with Crippen molar-refractivity contribution in [3.05, 3.63) is 11.1 Å². The molecule has 1 saturated carbocycles. The minimum absolute atomic E-state index is 0.406. The highest BCUT2D eigenvalue weighted by Crippen LogP contribution is 2.38. The van der Waals surface area contributed by atoms with Gasteiger partial charge in [0.1, 0.15) is 0 Å². The van der Waals surface area contributed by atoms with Crippen molar-refractivity contribution in [3.63, 3.8) is 0 Å². The fourth-order valence-corrected chi connectivity index (χ4v) is 2.57. The SMILES string of the molecule is CC1=C2CCCC[C@H]2CCC1=O. The molecule has 0 saturated heterocycles. The van der Waals surface area contributed by atoms with Crippen LogP contribution in [0.3, 0.4) is 0 Å². The highest BCUT2D eigenvalue weighted by molar-refractivity contribution is 5.96. The third-order valence-corrected chi connectivity index (χ3v) is 3.36. The average molecular weight is 164 g/mol. The van der Waals surface area contributed by atoms with E-state index in [2.05, 4.69) is 0 Å². The van der Waals surface area contributed by atoms with Crippen LogP contribution in [0.5, 0.6) is 0 Å². The Balaban J connectivity index is 2.29. The number of carbonyl (C=O) groups is 1. The molecule has 2 rings (SSSR count). The van der Waals surface area contributed by atoms with Gasteiger partial charge >= 0.3 is 0 Å². The van der Waals surface area contributed by atoms with E-state index in [0.29, 0.717) is 5.78 Å². The standard InChI is InChI=1S/C11H16O/c1-8-10-5-3-2-4-9(10)6-7-11(8)12/h9H,2-7H2,1H3/t9-/m0/s1. The molecule has 0 bridgehead atoms. The van der Waals surface area contributed by atoms with Crippen LogP contribution in [0.2, 0.25) is 0 Å². The van der Waals surface area contributed by atoms with E-state index in [-0.39, 0.29) is 0 Å². The minimum Gasteiger partial charge on any atom is -0.295 e. The second-order valence-electron chi connectivity index (χ2n) is 4.05. The number of rotatable bonds is 0. The maximum atomic E-state index is 11.4. The Morgan fingerprint density at radius 2 is 2.00 bits per heavy atom. The number of allylic oxidation sites excluding steroid dienone is 2. The lowest BCUT2D eigenvalue weighted by Crippen LogP contribution is -2.20. The first-order chi connectivity index (χ1) is 5.79. The van der Waals surface area contributed by atoms with Crippen molar-refractivity contribution in [2.45, 2.75) is 45.4 Å². The fraction of sp³-hybridized carbons (Fsp3) is 0.727. The number of hydrogen-bond donors (Lipinski definition) is 0. The first-order valence-electron chi connectivity index (χ1n) is 5.02.